The highest BCUT2D eigenvalue weighted by atomic mass is 35.5. The lowest BCUT2D eigenvalue weighted by molar-refractivity contribution is 0.0696. The first-order valence-electron chi connectivity index (χ1n) is 9.35. The summed E-state index contributed by atoms with van der Waals surface area (Å²) in [5.41, 5.74) is 6.50. The van der Waals surface area contributed by atoms with Gasteiger partial charge in [-0.3, -0.25) is 0 Å². The molecule has 0 aliphatic rings. The molecular formula is C25H20ClFO2. The molecule has 4 aromatic carbocycles. The van der Waals surface area contributed by atoms with Gasteiger partial charge in [0, 0.05) is 16.0 Å². The van der Waals surface area contributed by atoms with E-state index < -0.39 is 11.8 Å². The third-order valence-corrected chi connectivity index (χ3v) is 6.38. The van der Waals surface area contributed by atoms with Crippen LogP contribution < -0.4 is 0 Å². The Morgan fingerprint density at radius 1 is 0.828 bits per heavy atom. The Balaban J connectivity index is 1.98. The topological polar surface area (TPSA) is 37.3 Å². The molecule has 0 saturated carbocycles. The lowest BCUT2D eigenvalue weighted by Gasteiger charge is -2.16. The van der Waals surface area contributed by atoms with Gasteiger partial charge in [-0.15, -0.1) is 0 Å². The second-order valence-corrected chi connectivity index (χ2v) is 7.98. The van der Waals surface area contributed by atoms with Crippen LogP contribution in [-0.2, 0) is 0 Å². The van der Waals surface area contributed by atoms with Gasteiger partial charge in [0.05, 0.1) is 5.56 Å². The summed E-state index contributed by atoms with van der Waals surface area (Å²) in [6, 6.07) is 11.9. The van der Waals surface area contributed by atoms with Crippen LogP contribution in [0.2, 0.25) is 5.02 Å². The number of benzene rings is 4. The maximum absolute atomic E-state index is 14.6. The van der Waals surface area contributed by atoms with Crippen molar-refractivity contribution in [2.24, 2.45) is 0 Å². The average Bonchev–Trinajstić information content (AvgIpc) is 2.70. The van der Waals surface area contributed by atoms with E-state index in [1.165, 1.54) is 28.3 Å². The number of fused-ring (bicyclic) bond motifs is 2. The fraction of sp³-hybridized carbons (Fsp3) is 0.160. The van der Waals surface area contributed by atoms with Crippen molar-refractivity contribution in [1.82, 2.24) is 0 Å². The molecule has 0 atom stereocenters. The molecule has 0 fully saturated rings. The molecule has 0 aliphatic carbocycles. The molecule has 0 spiro atoms. The molecule has 4 aromatic rings. The van der Waals surface area contributed by atoms with E-state index in [1.807, 2.05) is 12.1 Å². The molecule has 4 rings (SSSR count). The van der Waals surface area contributed by atoms with Crippen LogP contribution in [0.3, 0.4) is 0 Å². The molecule has 0 amide bonds. The predicted octanol–water partition coefficient (Wildman–Crippen LogP) is 7.38. The first-order chi connectivity index (χ1) is 13.7. The van der Waals surface area contributed by atoms with E-state index in [-0.39, 0.29) is 5.56 Å². The van der Waals surface area contributed by atoms with Crippen molar-refractivity contribution in [1.29, 1.82) is 0 Å². The number of carbonyl (C=O) groups is 1. The van der Waals surface area contributed by atoms with Crippen molar-refractivity contribution < 1.29 is 14.3 Å². The summed E-state index contributed by atoms with van der Waals surface area (Å²) in [7, 11) is 0. The summed E-state index contributed by atoms with van der Waals surface area (Å²) in [4.78, 5) is 11.2. The van der Waals surface area contributed by atoms with Gasteiger partial charge in [0.15, 0.2) is 0 Å². The number of carboxylic acid groups (broad SMARTS) is 1. The maximum Gasteiger partial charge on any atom is 0.335 e. The second kappa shape index (κ2) is 6.85. The van der Waals surface area contributed by atoms with E-state index in [2.05, 4.69) is 33.8 Å². The second-order valence-electron chi connectivity index (χ2n) is 7.58. The van der Waals surface area contributed by atoms with E-state index in [1.54, 1.807) is 12.1 Å². The van der Waals surface area contributed by atoms with Crippen LogP contribution in [0.5, 0.6) is 0 Å². The van der Waals surface area contributed by atoms with Crippen LogP contribution >= 0.6 is 11.6 Å². The fourth-order valence-electron chi connectivity index (χ4n) is 3.98. The molecular weight excluding hydrogens is 387 g/mol. The Bertz CT molecular complexity index is 1340. The maximum atomic E-state index is 14.6. The van der Waals surface area contributed by atoms with E-state index >= 15 is 0 Å². The largest absolute Gasteiger partial charge is 0.478 e. The summed E-state index contributed by atoms with van der Waals surface area (Å²) in [6.45, 7) is 8.45. The zero-order valence-corrected chi connectivity index (χ0v) is 17.4. The number of carboxylic acids is 1. The molecule has 0 aliphatic heterocycles. The number of halogens is 2. The van der Waals surface area contributed by atoms with Crippen molar-refractivity contribution in [3.05, 3.63) is 81.1 Å². The van der Waals surface area contributed by atoms with Crippen molar-refractivity contribution >= 4 is 39.1 Å². The number of hydrogen-bond acceptors (Lipinski definition) is 1. The van der Waals surface area contributed by atoms with E-state index in [0.717, 1.165) is 28.0 Å². The van der Waals surface area contributed by atoms with Crippen LogP contribution in [0.4, 0.5) is 4.39 Å². The summed E-state index contributed by atoms with van der Waals surface area (Å²) >= 11 is 6.64. The molecule has 0 unspecified atom stereocenters. The Labute approximate surface area is 173 Å². The van der Waals surface area contributed by atoms with Crippen molar-refractivity contribution in [2.45, 2.75) is 27.7 Å². The highest BCUT2D eigenvalue weighted by Crippen LogP contribution is 2.38. The normalized spacial score (nSPS) is 11.4. The summed E-state index contributed by atoms with van der Waals surface area (Å²) in [5, 5.41) is 12.9. The molecule has 0 aromatic heterocycles. The molecule has 0 radical (unpaired) electrons. The van der Waals surface area contributed by atoms with Crippen molar-refractivity contribution in [3.8, 4) is 11.1 Å². The summed E-state index contributed by atoms with van der Waals surface area (Å²) < 4.78 is 14.6. The number of aryl methyl sites for hydroxylation is 2. The number of hydrogen-bond donors (Lipinski definition) is 1. The van der Waals surface area contributed by atoms with E-state index in [0.29, 0.717) is 15.8 Å². The SMILES string of the molecule is Cc1c(C)c(C)c2cc(-c3ccc4cc(C(=O)O)cc(F)c4c3)c(Cl)cc2c1C. The third kappa shape index (κ3) is 3.06. The van der Waals surface area contributed by atoms with Gasteiger partial charge in [0.1, 0.15) is 5.82 Å². The molecule has 4 heteroatoms. The lowest BCUT2D eigenvalue weighted by Crippen LogP contribution is -1.97. The highest BCUT2D eigenvalue weighted by molar-refractivity contribution is 6.34. The fourth-order valence-corrected chi connectivity index (χ4v) is 4.26. The van der Waals surface area contributed by atoms with E-state index in [4.69, 9.17) is 16.7 Å². The number of aromatic carboxylic acids is 1. The first kappa shape index (κ1) is 19.4. The minimum atomic E-state index is -1.15. The monoisotopic (exact) mass is 406 g/mol. The van der Waals surface area contributed by atoms with Gasteiger partial charge in [-0.05, 0) is 102 Å². The van der Waals surface area contributed by atoms with Gasteiger partial charge in [-0.1, -0.05) is 23.7 Å². The zero-order chi connectivity index (χ0) is 21.0. The van der Waals surface area contributed by atoms with Crippen LogP contribution in [0.25, 0.3) is 32.7 Å². The Morgan fingerprint density at radius 2 is 1.45 bits per heavy atom. The van der Waals surface area contributed by atoms with Crippen LogP contribution in [0, 0.1) is 33.5 Å². The van der Waals surface area contributed by atoms with Crippen LogP contribution in [0.15, 0.2) is 42.5 Å². The van der Waals surface area contributed by atoms with E-state index in [9.17, 15) is 9.18 Å². The molecule has 1 N–H and O–H groups in total. The van der Waals surface area contributed by atoms with Gasteiger partial charge in [-0.25, -0.2) is 9.18 Å². The Kier molecular flexibility index (Phi) is 4.59. The molecule has 0 saturated heterocycles. The molecule has 2 nitrogen and oxygen atoms in total. The Hall–Kier alpha value is -2.91. The average molecular weight is 407 g/mol. The lowest BCUT2D eigenvalue weighted by atomic mass is 9.89. The zero-order valence-electron chi connectivity index (χ0n) is 16.7. The van der Waals surface area contributed by atoms with Gasteiger partial charge < -0.3 is 5.11 Å². The molecule has 0 bridgehead atoms. The number of rotatable bonds is 2. The van der Waals surface area contributed by atoms with Crippen molar-refractivity contribution in [3.63, 3.8) is 0 Å². The summed E-state index contributed by atoms with van der Waals surface area (Å²) in [5.74, 6) is -1.71. The highest BCUT2D eigenvalue weighted by Gasteiger charge is 2.15. The van der Waals surface area contributed by atoms with Gasteiger partial charge in [0.2, 0.25) is 0 Å². The predicted molar refractivity (Wildman–Crippen MR) is 118 cm³/mol. The summed E-state index contributed by atoms with van der Waals surface area (Å²) in [6.07, 6.45) is 0. The quantitative estimate of drug-likeness (QED) is 0.377. The minimum Gasteiger partial charge on any atom is -0.478 e. The first-order valence-corrected chi connectivity index (χ1v) is 9.73. The smallest absolute Gasteiger partial charge is 0.335 e. The molecule has 146 valence electrons. The van der Waals surface area contributed by atoms with Crippen LogP contribution in [-0.4, -0.2) is 11.1 Å². The third-order valence-electron chi connectivity index (χ3n) is 6.06. The minimum absolute atomic E-state index is 0.0663. The molecule has 0 heterocycles. The van der Waals surface area contributed by atoms with Gasteiger partial charge in [0.25, 0.3) is 0 Å². The van der Waals surface area contributed by atoms with Gasteiger partial charge >= 0.3 is 5.97 Å². The molecule has 29 heavy (non-hydrogen) atoms. The van der Waals surface area contributed by atoms with Gasteiger partial charge in [-0.2, -0.15) is 0 Å². The van der Waals surface area contributed by atoms with Crippen molar-refractivity contribution in [2.75, 3.05) is 0 Å². The van der Waals surface area contributed by atoms with Crippen LogP contribution in [0.1, 0.15) is 32.6 Å². The Morgan fingerprint density at radius 3 is 2.07 bits per heavy atom. The standard InChI is InChI=1S/C25H20ClFO2/c1-12-13(2)15(4)20-11-23(26)21(10-19(20)14(12)3)17-6-5-16-7-18(25(28)29)9-24(27)22(16)8-17/h5-11H,1-4H3,(H,28,29).